The molecule has 2 saturated heterocycles. The van der Waals surface area contributed by atoms with Crippen molar-refractivity contribution >= 4 is 39.6 Å². The van der Waals surface area contributed by atoms with Crippen LogP contribution in [0.25, 0.3) is 0 Å². The fourth-order valence-corrected chi connectivity index (χ4v) is 9.31. The molecule has 0 radical (unpaired) electrons. The molecule has 49 heavy (non-hydrogen) atoms. The van der Waals surface area contributed by atoms with Crippen molar-refractivity contribution in [1.82, 2.24) is 15.1 Å². The third-order valence-electron chi connectivity index (χ3n) is 10.4. The number of carbonyl (C=O) groups is 4. The molecule has 11 heteroatoms. The van der Waals surface area contributed by atoms with E-state index in [1.54, 1.807) is 17.9 Å². The van der Waals surface area contributed by atoms with Gasteiger partial charge in [-0.15, -0.1) is 0 Å². The fraction of sp³-hybridized carbons (Fsp3) is 0.632. The van der Waals surface area contributed by atoms with Crippen LogP contribution < -0.4 is 5.32 Å². The largest absolute Gasteiger partial charge is 0.455 e. The van der Waals surface area contributed by atoms with E-state index < -0.39 is 65.2 Å². The number of cyclic esters (lactones) is 1. The average molecular weight is 743 g/mol. The van der Waals surface area contributed by atoms with E-state index in [9.17, 15) is 19.5 Å². The van der Waals surface area contributed by atoms with Crippen LogP contribution in [-0.4, -0.2) is 87.1 Å². The van der Waals surface area contributed by atoms with Crippen LogP contribution in [0, 0.1) is 23.2 Å². The molecule has 10 nitrogen and oxygen atoms in total. The lowest BCUT2D eigenvalue weighted by atomic mass is 9.74. The highest BCUT2D eigenvalue weighted by molar-refractivity contribution is 9.11. The molecule has 268 valence electrons. The molecule has 5 bridgehead atoms. The lowest BCUT2D eigenvalue weighted by molar-refractivity contribution is -0.162. The van der Waals surface area contributed by atoms with Crippen molar-refractivity contribution in [2.45, 2.75) is 116 Å². The highest BCUT2D eigenvalue weighted by atomic mass is 79.9. The minimum atomic E-state index is -1.47. The smallest absolute Gasteiger partial charge is 0.313 e. The second-order valence-corrected chi connectivity index (χ2v) is 17.1. The summed E-state index contributed by atoms with van der Waals surface area (Å²) >= 11 is 3.63. The maximum Gasteiger partial charge on any atom is 0.313 e. The third-order valence-corrected chi connectivity index (χ3v) is 11.0. The standard InChI is InChI=1S/C38H52BrN3O7/c1-22(2)26(20-43)42-32-34(46)41(37(7,8)21-36(4,5)6)18-14-10-13-17-27(44)40-23(3)30(24-15-11-9-12-16-24)48-35(47)28-29(33(42)45)38(32)19-25(39)31(28)49-38/h9-12,14-16,19,22-23,26,28-32,43H,13,17-18,20-21H2,1-8H3,(H,40,44)/b14-10-/t23-,26+,28+,29-,30+,31+,32+,38-/m1/s1. The lowest BCUT2D eigenvalue weighted by Crippen LogP contribution is -2.63. The minimum absolute atomic E-state index is 0.136. The number of esters is 1. The molecule has 0 saturated carbocycles. The van der Waals surface area contributed by atoms with E-state index in [4.69, 9.17) is 9.47 Å². The Kier molecular flexibility index (Phi) is 10.6. The summed E-state index contributed by atoms with van der Waals surface area (Å²) in [5.74, 6) is -3.92. The summed E-state index contributed by atoms with van der Waals surface area (Å²) in [4.78, 5) is 60.9. The van der Waals surface area contributed by atoms with Crippen molar-refractivity contribution in [3.63, 3.8) is 0 Å². The van der Waals surface area contributed by atoms with Crippen LogP contribution >= 0.6 is 15.9 Å². The number of hydrogen-bond donors (Lipinski definition) is 2. The van der Waals surface area contributed by atoms with Gasteiger partial charge in [0.25, 0.3) is 0 Å². The number of nitrogens with one attached hydrogen (secondary N) is 1. The van der Waals surface area contributed by atoms with Gasteiger partial charge in [0.1, 0.15) is 29.8 Å². The molecule has 4 heterocycles. The van der Waals surface area contributed by atoms with E-state index in [2.05, 4.69) is 42.0 Å². The maximum absolute atomic E-state index is 15.3. The molecule has 1 spiro atoms. The number of ether oxygens (including phenoxy) is 2. The maximum atomic E-state index is 15.3. The van der Waals surface area contributed by atoms with Crippen LogP contribution in [0.4, 0.5) is 0 Å². The number of allylic oxidation sites excluding steroid dienone is 1. The van der Waals surface area contributed by atoms with E-state index in [0.29, 0.717) is 22.9 Å². The highest BCUT2D eigenvalue weighted by Gasteiger charge is 2.76. The first-order valence-electron chi connectivity index (χ1n) is 17.4. The van der Waals surface area contributed by atoms with Crippen molar-refractivity contribution in [3.05, 3.63) is 58.6 Å². The van der Waals surface area contributed by atoms with Gasteiger partial charge in [0, 0.05) is 23.0 Å². The normalized spacial score (nSPS) is 32.6. The Balaban J connectivity index is 1.68. The van der Waals surface area contributed by atoms with E-state index in [-0.39, 0.29) is 42.7 Å². The summed E-state index contributed by atoms with van der Waals surface area (Å²) in [6.07, 6.45) is 5.22. The predicted molar refractivity (Wildman–Crippen MR) is 189 cm³/mol. The number of likely N-dealkylation sites (tertiary alicyclic amines) is 1. The van der Waals surface area contributed by atoms with Crippen molar-refractivity contribution in [3.8, 4) is 0 Å². The fourth-order valence-electron chi connectivity index (χ4n) is 8.58. The number of hydrogen-bond acceptors (Lipinski definition) is 7. The van der Waals surface area contributed by atoms with E-state index >= 15 is 4.79 Å². The van der Waals surface area contributed by atoms with Gasteiger partial charge in [-0.1, -0.05) is 93.0 Å². The van der Waals surface area contributed by atoms with Crippen LogP contribution in [0.5, 0.6) is 0 Å². The number of halogens is 1. The number of rotatable bonds is 6. The number of aliphatic hydroxyl groups is 1. The molecular formula is C38H52BrN3O7. The van der Waals surface area contributed by atoms with E-state index in [1.807, 2.05) is 70.2 Å². The number of nitrogens with zero attached hydrogens (tertiary/aromatic N) is 2. The van der Waals surface area contributed by atoms with Gasteiger partial charge in [0.15, 0.2) is 0 Å². The zero-order valence-electron chi connectivity index (χ0n) is 29.9. The quantitative estimate of drug-likeness (QED) is 0.309. The van der Waals surface area contributed by atoms with Gasteiger partial charge in [-0.2, -0.15) is 0 Å². The summed E-state index contributed by atoms with van der Waals surface area (Å²) in [5.41, 5.74) is -1.58. The van der Waals surface area contributed by atoms with Gasteiger partial charge in [0.05, 0.1) is 24.6 Å². The van der Waals surface area contributed by atoms with Gasteiger partial charge in [-0.25, -0.2) is 0 Å². The minimum Gasteiger partial charge on any atom is -0.455 e. The molecule has 3 amide bonds. The average Bonchev–Trinajstić information content (AvgIpc) is 3.59. The topological polar surface area (TPSA) is 125 Å². The Hall–Kier alpha value is -3.02. The van der Waals surface area contributed by atoms with E-state index in [1.165, 1.54) is 4.90 Å². The number of amides is 3. The molecule has 8 atom stereocenters. The van der Waals surface area contributed by atoms with Crippen LogP contribution in [0.15, 0.2) is 53.0 Å². The van der Waals surface area contributed by atoms with Crippen LogP contribution in [0.2, 0.25) is 0 Å². The molecule has 0 aliphatic carbocycles. The first-order valence-corrected chi connectivity index (χ1v) is 18.2. The summed E-state index contributed by atoms with van der Waals surface area (Å²) in [6, 6.07) is 6.77. The monoisotopic (exact) mass is 741 g/mol. The predicted octanol–water partition coefficient (Wildman–Crippen LogP) is 5.06. The molecule has 2 N–H and O–H groups in total. The zero-order chi connectivity index (χ0) is 36.1. The van der Waals surface area contributed by atoms with Gasteiger partial charge < -0.3 is 29.7 Å². The Bertz CT molecular complexity index is 1500. The number of carbonyl (C=O) groups excluding carboxylic acids is 4. The first kappa shape index (κ1) is 37.2. The highest BCUT2D eigenvalue weighted by Crippen LogP contribution is 2.60. The van der Waals surface area contributed by atoms with Crippen LogP contribution in [0.1, 0.15) is 86.3 Å². The SMILES string of the molecule is CC(C)[C@H](CO)N1C(=O)[C@H]2[C@@H]3C(=O)O[C@H](c4ccccc4)[C@@H](C)NC(=O)CC/C=C\CN(C(C)(C)CC(C)(C)C)C(=O)[C@H]1[C@@]21C=C(Br)[C@@H]3O1. The summed E-state index contributed by atoms with van der Waals surface area (Å²) in [6.45, 7) is 15.9. The number of fused-ring (bicyclic) bond motifs is 2. The van der Waals surface area contributed by atoms with Gasteiger partial charge >= 0.3 is 5.97 Å². The molecule has 4 aliphatic rings. The van der Waals surface area contributed by atoms with Crippen molar-refractivity contribution < 1.29 is 33.8 Å². The Morgan fingerprint density at radius 3 is 2.31 bits per heavy atom. The molecule has 1 aromatic rings. The van der Waals surface area contributed by atoms with Crippen LogP contribution in [0.3, 0.4) is 0 Å². The van der Waals surface area contributed by atoms with E-state index in [0.717, 1.165) is 0 Å². The first-order chi connectivity index (χ1) is 22.9. The molecule has 0 aromatic heterocycles. The second kappa shape index (κ2) is 13.9. The van der Waals surface area contributed by atoms with Gasteiger partial charge in [0.2, 0.25) is 17.7 Å². The van der Waals surface area contributed by atoms with Crippen molar-refractivity contribution in [2.24, 2.45) is 23.2 Å². The van der Waals surface area contributed by atoms with Crippen LogP contribution in [-0.2, 0) is 28.7 Å². The van der Waals surface area contributed by atoms with Crippen molar-refractivity contribution in [1.29, 1.82) is 0 Å². The molecule has 5 rings (SSSR count). The second-order valence-electron chi connectivity index (χ2n) is 16.2. The number of aliphatic hydroxyl groups excluding tert-OH is 1. The molecule has 2 fully saturated rings. The Morgan fingerprint density at radius 2 is 1.69 bits per heavy atom. The third kappa shape index (κ3) is 7.00. The molecule has 4 aliphatic heterocycles. The van der Waals surface area contributed by atoms with Crippen molar-refractivity contribution in [2.75, 3.05) is 13.2 Å². The zero-order valence-corrected chi connectivity index (χ0v) is 31.5. The lowest BCUT2D eigenvalue weighted by Gasteiger charge is -2.46. The summed E-state index contributed by atoms with van der Waals surface area (Å²) in [7, 11) is 0. The summed E-state index contributed by atoms with van der Waals surface area (Å²) < 4.78 is 13.5. The van der Waals surface area contributed by atoms with Gasteiger partial charge in [-0.3, -0.25) is 19.2 Å². The van der Waals surface area contributed by atoms with Gasteiger partial charge in [-0.05, 0) is 56.6 Å². The Morgan fingerprint density at radius 1 is 1.02 bits per heavy atom. The summed E-state index contributed by atoms with van der Waals surface area (Å²) in [5, 5.41) is 13.7. The molecule has 0 unspecified atom stereocenters. The Labute approximate surface area is 298 Å². The molecular weight excluding hydrogens is 690 g/mol. The number of benzene rings is 1. The molecule has 1 aromatic carbocycles.